The molecular formula is C5H10O3. The summed E-state index contributed by atoms with van der Waals surface area (Å²) in [6.07, 6.45) is 0.833. The number of hydrogen-bond donors (Lipinski definition) is 1. The highest BCUT2D eigenvalue weighted by Gasteiger charge is 2.11. The summed E-state index contributed by atoms with van der Waals surface area (Å²) in [5.41, 5.74) is 0. The lowest BCUT2D eigenvalue weighted by molar-refractivity contribution is -0.149. The molecule has 1 fully saturated rings. The SMILES string of the molecule is OC[C@@H]1CCOCO1. The van der Waals surface area contributed by atoms with Crippen molar-refractivity contribution in [3.05, 3.63) is 0 Å². The maximum Gasteiger partial charge on any atom is 0.147 e. The third-order valence-electron chi connectivity index (χ3n) is 1.17. The van der Waals surface area contributed by atoms with Crippen LogP contribution in [-0.2, 0) is 9.47 Å². The van der Waals surface area contributed by atoms with Gasteiger partial charge < -0.3 is 14.6 Å². The van der Waals surface area contributed by atoms with Gasteiger partial charge >= 0.3 is 0 Å². The zero-order valence-corrected chi connectivity index (χ0v) is 4.67. The minimum Gasteiger partial charge on any atom is -0.394 e. The number of hydrogen-bond acceptors (Lipinski definition) is 3. The Morgan fingerprint density at radius 2 is 2.50 bits per heavy atom. The maximum absolute atomic E-state index is 8.51. The minimum atomic E-state index is 0.0174. The van der Waals surface area contributed by atoms with Gasteiger partial charge in [-0.3, -0.25) is 0 Å². The predicted octanol–water partition coefficient (Wildman–Crippen LogP) is -0.258. The van der Waals surface area contributed by atoms with Crippen molar-refractivity contribution in [3.8, 4) is 0 Å². The smallest absolute Gasteiger partial charge is 0.147 e. The Morgan fingerprint density at radius 3 is 2.88 bits per heavy atom. The first-order valence-corrected chi connectivity index (χ1v) is 2.73. The third-order valence-corrected chi connectivity index (χ3v) is 1.17. The van der Waals surface area contributed by atoms with Gasteiger partial charge in [-0.2, -0.15) is 0 Å². The quantitative estimate of drug-likeness (QED) is 0.515. The monoisotopic (exact) mass is 118 g/mol. The summed E-state index contributed by atoms with van der Waals surface area (Å²) in [7, 11) is 0. The van der Waals surface area contributed by atoms with E-state index in [0.717, 1.165) is 6.42 Å². The van der Waals surface area contributed by atoms with Gasteiger partial charge in [0, 0.05) is 0 Å². The Labute approximate surface area is 48.2 Å². The molecule has 0 saturated carbocycles. The van der Waals surface area contributed by atoms with Crippen LogP contribution in [0.5, 0.6) is 0 Å². The molecule has 0 bridgehead atoms. The molecule has 0 radical (unpaired) electrons. The lowest BCUT2D eigenvalue weighted by atomic mass is 10.3. The van der Waals surface area contributed by atoms with Crippen LogP contribution in [0.4, 0.5) is 0 Å². The van der Waals surface area contributed by atoms with Crippen LogP contribution >= 0.6 is 0 Å². The lowest BCUT2D eigenvalue weighted by Gasteiger charge is -2.20. The largest absolute Gasteiger partial charge is 0.394 e. The molecular weight excluding hydrogens is 108 g/mol. The summed E-state index contributed by atoms with van der Waals surface area (Å²) in [5, 5.41) is 8.51. The minimum absolute atomic E-state index is 0.0174. The van der Waals surface area contributed by atoms with Crippen LogP contribution in [0, 0.1) is 0 Å². The fraction of sp³-hybridized carbons (Fsp3) is 1.00. The molecule has 0 aliphatic carbocycles. The van der Waals surface area contributed by atoms with Crippen molar-refractivity contribution in [2.45, 2.75) is 12.5 Å². The third kappa shape index (κ3) is 1.43. The van der Waals surface area contributed by atoms with E-state index >= 15 is 0 Å². The van der Waals surface area contributed by atoms with Crippen molar-refractivity contribution in [1.29, 1.82) is 0 Å². The van der Waals surface area contributed by atoms with Gasteiger partial charge in [0.1, 0.15) is 6.79 Å². The Balaban J connectivity index is 2.13. The van der Waals surface area contributed by atoms with Crippen LogP contribution < -0.4 is 0 Å². The lowest BCUT2D eigenvalue weighted by Crippen LogP contribution is -2.26. The van der Waals surface area contributed by atoms with Crippen LogP contribution in [-0.4, -0.2) is 31.2 Å². The van der Waals surface area contributed by atoms with Crippen molar-refractivity contribution in [3.63, 3.8) is 0 Å². The second kappa shape index (κ2) is 3.02. The van der Waals surface area contributed by atoms with Gasteiger partial charge in [0.25, 0.3) is 0 Å². The summed E-state index contributed by atoms with van der Waals surface area (Å²) in [6.45, 7) is 1.17. The highest BCUT2D eigenvalue weighted by atomic mass is 16.7. The van der Waals surface area contributed by atoms with Gasteiger partial charge in [0.05, 0.1) is 19.3 Å². The number of aliphatic hydroxyl groups is 1. The number of ether oxygens (including phenoxy) is 2. The average Bonchev–Trinajstić information content (AvgIpc) is 1.90. The number of rotatable bonds is 1. The maximum atomic E-state index is 8.51. The molecule has 8 heavy (non-hydrogen) atoms. The Bertz CT molecular complexity index is 58.7. The van der Waals surface area contributed by atoms with Crippen LogP contribution in [0.1, 0.15) is 6.42 Å². The molecule has 1 heterocycles. The Hall–Kier alpha value is -0.120. The van der Waals surface area contributed by atoms with Gasteiger partial charge in [-0.15, -0.1) is 0 Å². The van der Waals surface area contributed by atoms with Crippen LogP contribution in [0.25, 0.3) is 0 Å². The van der Waals surface area contributed by atoms with E-state index in [1.165, 1.54) is 0 Å². The van der Waals surface area contributed by atoms with Crippen molar-refractivity contribution in [2.24, 2.45) is 0 Å². The topological polar surface area (TPSA) is 38.7 Å². The van der Waals surface area contributed by atoms with E-state index in [4.69, 9.17) is 14.6 Å². The van der Waals surface area contributed by atoms with E-state index in [2.05, 4.69) is 0 Å². The summed E-state index contributed by atoms with van der Waals surface area (Å²) < 4.78 is 9.82. The van der Waals surface area contributed by atoms with Crippen molar-refractivity contribution >= 4 is 0 Å². The molecule has 1 aliphatic rings. The molecule has 3 nitrogen and oxygen atoms in total. The first-order chi connectivity index (χ1) is 3.93. The van der Waals surface area contributed by atoms with E-state index in [0.29, 0.717) is 13.4 Å². The Kier molecular flexibility index (Phi) is 2.27. The van der Waals surface area contributed by atoms with Gasteiger partial charge in [-0.05, 0) is 6.42 Å². The highest BCUT2D eigenvalue weighted by molar-refractivity contribution is 4.56. The molecule has 1 aliphatic heterocycles. The molecule has 1 saturated heterocycles. The normalized spacial score (nSPS) is 30.4. The molecule has 48 valence electrons. The first-order valence-electron chi connectivity index (χ1n) is 2.73. The molecule has 1 N–H and O–H groups in total. The predicted molar refractivity (Wildman–Crippen MR) is 27.4 cm³/mol. The molecule has 1 atom stereocenters. The van der Waals surface area contributed by atoms with Crippen LogP contribution in [0.2, 0.25) is 0 Å². The van der Waals surface area contributed by atoms with E-state index < -0.39 is 0 Å². The number of aliphatic hydroxyl groups excluding tert-OH is 1. The zero-order chi connectivity index (χ0) is 5.82. The fourth-order valence-electron chi connectivity index (χ4n) is 0.645. The molecule has 0 amide bonds. The summed E-state index contributed by atoms with van der Waals surface area (Å²) >= 11 is 0. The van der Waals surface area contributed by atoms with E-state index in [1.54, 1.807) is 0 Å². The van der Waals surface area contributed by atoms with E-state index in [9.17, 15) is 0 Å². The van der Waals surface area contributed by atoms with Gasteiger partial charge in [0.2, 0.25) is 0 Å². The highest BCUT2D eigenvalue weighted by Crippen LogP contribution is 2.03. The summed E-state index contributed by atoms with van der Waals surface area (Å²) in [4.78, 5) is 0. The second-order valence-corrected chi connectivity index (χ2v) is 1.79. The molecule has 0 aromatic carbocycles. The van der Waals surface area contributed by atoms with Crippen molar-refractivity contribution < 1.29 is 14.6 Å². The standard InChI is InChI=1S/C5H10O3/c6-3-5-1-2-7-4-8-5/h5-6H,1-4H2/t5-/m0/s1. The van der Waals surface area contributed by atoms with E-state index in [-0.39, 0.29) is 12.7 Å². The van der Waals surface area contributed by atoms with Crippen LogP contribution in [0.15, 0.2) is 0 Å². The molecule has 1 rings (SSSR count). The first kappa shape index (κ1) is 6.01. The van der Waals surface area contributed by atoms with Gasteiger partial charge in [-0.1, -0.05) is 0 Å². The fourth-order valence-corrected chi connectivity index (χ4v) is 0.645. The van der Waals surface area contributed by atoms with Gasteiger partial charge in [-0.25, -0.2) is 0 Å². The average molecular weight is 118 g/mol. The zero-order valence-electron chi connectivity index (χ0n) is 4.67. The van der Waals surface area contributed by atoms with Crippen LogP contribution in [0.3, 0.4) is 0 Å². The molecule has 0 aromatic heterocycles. The van der Waals surface area contributed by atoms with Crippen molar-refractivity contribution in [1.82, 2.24) is 0 Å². The molecule has 0 spiro atoms. The summed E-state index contributed by atoms with van der Waals surface area (Å²) in [5.74, 6) is 0. The molecule has 3 heteroatoms. The second-order valence-electron chi connectivity index (χ2n) is 1.79. The molecule has 0 unspecified atom stereocenters. The van der Waals surface area contributed by atoms with Gasteiger partial charge in [0.15, 0.2) is 0 Å². The van der Waals surface area contributed by atoms with Crippen molar-refractivity contribution in [2.75, 3.05) is 20.0 Å². The molecule has 0 aromatic rings. The van der Waals surface area contributed by atoms with E-state index in [1.807, 2.05) is 0 Å². The summed E-state index contributed by atoms with van der Waals surface area (Å²) in [6, 6.07) is 0. The Morgan fingerprint density at radius 1 is 1.62 bits per heavy atom.